The predicted octanol–water partition coefficient (Wildman–Crippen LogP) is 12.5. The standard InChI is InChI=1S/C39H72O4/c1-3-5-7-9-11-13-15-16-17-18-20-22-24-26-28-32-35(31-27-25-23-21-19-14-12-10-8-6-4-2)43-39(42)37-34-30-29-33-36(37)38(40)41/h30,34-37H,3-29,31-33H2,1-2H3,(H,40,41). The average molecular weight is 605 g/mol. The van der Waals surface area contributed by atoms with Crippen molar-refractivity contribution in [3.05, 3.63) is 12.2 Å². The number of aliphatic carboxylic acids is 1. The molecule has 1 rings (SSSR count). The number of allylic oxidation sites excluding steroid dienone is 1. The third-order valence-corrected chi connectivity index (χ3v) is 9.55. The van der Waals surface area contributed by atoms with Crippen LogP contribution in [-0.4, -0.2) is 23.1 Å². The van der Waals surface area contributed by atoms with Gasteiger partial charge in [0.1, 0.15) is 6.10 Å². The first kappa shape index (κ1) is 39.7. The number of hydrogen-bond acceptors (Lipinski definition) is 3. The largest absolute Gasteiger partial charge is 0.481 e. The third-order valence-electron chi connectivity index (χ3n) is 9.55. The second-order valence-corrected chi connectivity index (χ2v) is 13.6. The molecule has 1 aliphatic rings. The molecule has 0 radical (unpaired) electrons. The normalized spacial score (nSPS) is 17.3. The van der Waals surface area contributed by atoms with Crippen LogP contribution in [0.2, 0.25) is 0 Å². The molecule has 252 valence electrons. The lowest BCUT2D eigenvalue weighted by atomic mass is 9.84. The van der Waals surface area contributed by atoms with Gasteiger partial charge in [-0.3, -0.25) is 9.59 Å². The highest BCUT2D eigenvalue weighted by Crippen LogP contribution is 2.28. The molecule has 0 aromatic carbocycles. The van der Waals surface area contributed by atoms with E-state index in [9.17, 15) is 14.7 Å². The molecule has 0 saturated heterocycles. The molecule has 0 amide bonds. The van der Waals surface area contributed by atoms with Gasteiger partial charge in [0.05, 0.1) is 11.8 Å². The Morgan fingerprint density at radius 3 is 1.30 bits per heavy atom. The molecule has 0 saturated carbocycles. The summed E-state index contributed by atoms with van der Waals surface area (Å²) in [4.78, 5) is 24.8. The molecule has 0 aliphatic heterocycles. The fourth-order valence-electron chi connectivity index (χ4n) is 6.64. The SMILES string of the molecule is CCCCCCCCCCCCCCCCCC(CCCCCCCCCCCCC)OC(=O)C1C=CCCC1C(=O)O. The zero-order valence-electron chi connectivity index (χ0n) is 28.8. The molecular weight excluding hydrogens is 532 g/mol. The Labute approximate surface area is 267 Å². The van der Waals surface area contributed by atoms with Crippen LogP contribution in [0.4, 0.5) is 0 Å². The van der Waals surface area contributed by atoms with Gasteiger partial charge in [0.2, 0.25) is 0 Å². The molecule has 4 heteroatoms. The van der Waals surface area contributed by atoms with Crippen LogP contribution in [0.1, 0.15) is 206 Å². The lowest BCUT2D eigenvalue weighted by Crippen LogP contribution is -2.33. The molecule has 1 N–H and O–H groups in total. The minimum Gasteiger partial charge on any atom is -0.481 e. The van der Waals surface area contributed by atoms with Gasteiger partial charge < -0.3 is 9.84 Å². The van der Waals surface area contributed by atoms with E-state index in [1.807, 2.05) is 6.08 Å². The maximum Gasteiger partial charge on any atom is 0.313 e. The molecule has 0 aromatic heterocycles. The summed E-state index contributed by atoms with van der Waals surface area (Å²) >= 11 is 0. The average Bonchev–Trinajstić information content (AvgIpc) is 3.01. The quantitative estimate of drug-likeness (QED) is 0.0485. The van der Waals surface area contributed by atoms with Crippen LogP contribution in [-0.2, 0) is 14.3 Å². The summed E-state index contributed by atoms with van der Waals surface area (Å²) in [5.74, 6) is -2.48. The van der Waals surface area contributed by atoms with Crippen LogP contribution < -0.4 is 0 Å². The summed E-state index contributed by atoms with van der Waals surface area (Å²) in [5.41, 5.74) is 0. The summed E-state index contributed by atoms with van der Waals surface area (Å²) in [6.45, 7) is 4.55. The molecule has 0 aromatic rings. The first-order valence-electron chi connectivity index (χ1n) is 19.2. The molecule has 0 bridgehead atoms. The van der Waals surface area contributed by atoms with Gasteiger partial charge in [-0.2, -0.15) is 0 Å². The second kappa shape index (κ2) is 29.4. The molecule has 3 atom stereocenters. The summed E-state index contributed by atoms with van der Waals surface area (Å²) in [6.07, 6.45) is 41.3. The van der Waals surface area contributed by atoms with E-state index in [4.69, 9.17) is 4.74 Å². The van der Waals surface area contributed by atoms with Gasteiger partial charge in [-0.25, -0.2) is 0 Å². The Morgan fingerprint density at radius 2 is 0.953 bits per heavy atom. The van der Waals surface area contributed by atoms with Crippen molar-refractivity contribution in [2.45, 2.75) is 213 Å². The van der Waals surface area contributed by atoms with Crippen molar-refractivity contribution in [3.63, 3.8) is 0 Å². The van der Waals surface area contributed by atoms with E-state index in [-0.39, 0.29) is 12.1 Å². The van der Waals surface area contributed by atoms with E-state index < -0.39 is 17.8 Å². The Morgan fingerprint density at radius 1 is 0.605 bits per heavy atom. The monoisotopic (exact) mass is 605 g/mol. The second-order valence-electron chi connectivity index (χ2n) is 13.6. The van der Waals surface area contributed by atoms with Crippen molar-refractivity contribution in [2.24, 2.45) is 11.8 Å². The topological polar surface area (TPSA) is 63.6 Å². The Kier molecular flexibility index (Phi) is 27.1. The molecule has 4 nitrogen and oxygen atoms in total. The summed E-state index contributed by atoms with van der Waals surface area (Å²) in [7, 11) is 0. The number of carbonyl (C=O) groups excluding carboxylic acids is 1. The summed E-state index contributed by atoms with van der Waals surface area (Å²) in [6, 6.07) is 0. The number of rotatable bonds is 31. The van der Waals surface area contributed by atoms with Crippen LogP contribution in [0.25, 0.3) is 0 Å². The molecule has 0 fully saturated rings. The van der Waals surface area contributed by atoms with Crippen molar-refractivity contribution >= 4 is 11.9 Å². The molecule has 0 heterocycles. The van der Waals surface area contributed by atoms with Crippen LogP contribution in [0.3, 0.4) is 0 Å². The van der Waals surface area contributed by atoms with Crippen molar-refractivity contribution in [2.75, 3.05) is 0 Å². The van der Waals surface area contributed by atoms with Crippen LogP contribution in [0, 0.1) is 11.8 Å². The van der Waals surface area contributed by atoms with Gasteiger partial charge in [0, 0.05) is 0 Å². The third kappa shape index (κ3) is 22.8. The van der Waals surface area contributed by atoms with E-state index in [0.29, 0.717) is 6.42 Å². The van der Waals surface area contributed by atoms with Gasteiger partial charge in [-0.1, -0.05) is 180 Å². The fourth-order valence-corrected chi connectivity index (χ4v) is 6.64. The van der Waals surface area contributed by atoms with E-state index in [1.54, 1.807) is 6.08 Å². The zero-order chi connectivity index (χ0) is 31.2. The lowest BCUT2D eigenvalue weighted by molar-refractivity contribution is -0.160. The first-order valence-corrected chi connectivity index (χ1v) is 19.2. The van der Waals surface area contributed by atoms with Crippen LogP contribution >= 0.6 is 0 Å². The molecule has 3 unspecified atom stereocenters. The Hall–Kier alpha value is -1.32. The fraction of sp³-hybridized carbons (Fsp3) is 0.897. The number of hydrogen-bond donors (Lipinski definition) is 1. The van der Waals surface area contributed by atoms with Crippen LogP contribution in [0.5, 0.6) is 0 Å². The first-order chi connectivity index (χ1) is 21.1. The number of esters is 1. The molecule has 1 aliphatic carbocycles. The zero-order valence-corrected chi connectivity index (χ0v) is 28.8. The Balaban J connectivity index is 2.25. The minimum absolute atomic E-state index is 0.0715. The number of ether oxygens (including phenoxy) is 1. The number of carboxylic acid groups (broad SMARTS) is 1. The highest BCUT2D eigenvalue weighted by molar-refractivity contribution is 5.83. The van der Waals surface area contributed by atoms with E-state index in [0.717, 1.165) is 32.1 Å². The predicted molar refractivity (Wildman–Crippen MR) is 183 cm³/mol. The highest BCUT2D eigenvalue weighted by Gasteiger charge is 2.35. The highest BCUT2D eigenvalue weighted by atomic mass is 16.5. The van der Waals surface area contributed by atoms with Crippen molar-refractivity contribution < 1.29 is 19.4 Å². The van der Waals surface area contributed by atoms with Crippen molar-refractivity contribution in [1.82, 2.24) is 0 Å². The smallest absolute Gasteiger partial charge is 0.313 e. The lowest BCUT2D eigenvalue weighted by Gasteiger charge is -2.26. The summed E-state index contributed by atoms with van der Waals surface area (Å²) < 4.78 is 6.03. The van der Waals surface area contributed by atoms with Gasteiger partial charge >= 0.3 is 11.9 Å². The van der Waals surface area contributed by atoms with Crippen molar-refractivity contribution in [1.29, 1.82) is 0 Å². The van der Waals surface area contributed by atoms with Gasteiger partial charge in [0.15, 0.2) is 0 Å². The summed E-state index contributed by atoms with van der Waals surface area (Å²) in [5, 5.41) is 9.62. The van der Waals surface area contributed by atoms with E-state index >= 15 is 0 Å². The molecule has 43 heavy (non-hydrogen) atoms. The maximum atomic E-state index is 13.0. The number of unbranched alkanes of at least 4 members (excludes halogenated alkanes) is 24. The van der Waals surface area contributed by atoms with Gasteiger partial charge in [-0.05, 0) is 38.5 Å². The minimum atomic E-state index is -0.879. The number of carboxylic acids is 1. The van der Waals surface area contributed by atoms with E-state index in [1.165, 1.54) is 154 Å². The van der Waals surface area contributed by atoms with Gasteiger partial charge in [-0.15, -0.1) is 0 Å². The Bertz CT molecular complexity index is 672. The maximum absolute atomic E-state index is 13.0. The van der Waals surface area contributed by atoms with Crippen molar-refractivity contribution in [3.8, 4) is 0 Å². The molecular formula is C39H72O4. The number of carbonyl (C=O) groups is 2. The van der Waals surface area contributed by atoms with Gasteiger partial charge in [0.25, 0.3) is 0 Å². The van der Waals surface area contributed by atoms with E-state index in [2.05, 4.69) is 13.8 Å². The molecule has 0 spiro atoms. The van der Waals surface area contributed by atoms with Crippen LogP contribution in [0.15, 0.2) is 12.2 Å².